The number of hydrogen-bond donors (Lipinski definition) is 1. The fourth-order valence-electron chi connectivity index (χ4n) is 4.22. The summed E-state index contributed by atoms with van der Waals surface area (Å²) in [7, 11) is 1.62. The molecule has 2 fully saturated rings. The highest BCUT2D eigenvalue weighted by atomic mass is 19.1. The lowest BCUT2D eigenvalue weighted by Gasteiger charge is -2.35. The van der Waals surface area contributed by atoms with E-state index in [4.69, 9.17) is 14.2 Å². The average Bonchev–Trinajstić information content (AvgIpc) is 2.67. The molecule has 1 unspecified atom stereocenters. The minimum absolute atomic E-state index is 0.182. The fourth-order valence-corrected chi connectivity index (χ4v) is 4.22. The maximum absolute atomic E-state index is 13.3. The summed E-state index contributed by atoms with van der Waals surface area (Å²) in [6, 6.07) is 5.95. The smallest absolute Gasteiger partial charge is 0.161 e. The topological polar surface area (TPSA) is 54.4 Å². The number of alkyl halides is 1. The lowest BCUT2D eigenvalue weighted by atomic mass is 10.1. The SMILES string of the molecule is COc1ccc(CN2C[C@@H](C)O[C@@H](C)C2)cc1OCC(O)CN1CCC(F)CC1. The van der Waals surface area contributed by atoms with E-state index in [1.54, 1.807) is 7.11 Å². The Hall–Kier alpha value is -1.41. The zero-order valence-corrected chi connectivity index (χ0v) is 17.8. The van der Waals surface area contributed by atoms with Gasteiger partial charge in [-0.05, 0) is 44.4 Å². The van der Waals surface area contributed by atoms with Crippen LogP contribution in [0.25, 0.3) is 0 Å². The largest absolute Gasteiger partial charge is 0.493 e. The maximum Gasteiger partial charge on any atom is 0.161 e. The molecular weight excluding hydrogens is 375 g/mol. The van der Waals surface area contributed by atoms with Crippen molar-refractivity contribution in [2.45, 2.75) is 57.7 Å². The Bertz CT molecular complexity index is 629. The number of benzene rings is 1. The van der Waals surface area contributed by atoms with Gasteiger partial charge in [-0.15, -0.1) is 0 Å². The monoisotopic (exact) mass is 410 g/mol. The van der Waals surface area contributed by atoms with Gasteiger partial charge in [0.25, 0.3) is 0 Å². The van der Waals surface area contributed by atoms with Crippen LogP contribution in [0.3, 0.4) is 0 Å². The average molecular weight is 411 g/mol. The van der Waals surface area contributed by atoms with Gasteiger partial charge in [0.1, 0.15) is 18.9 Å². The van der Waals surface area contributed by atoms with Crippen LogP contribution >= 0.6 is 0 Å². The second-order valence-corrected chi connectivity index (χ2v) is 8.38. The molecule has 3 rings (SSSR count). The molecule has 2 heterocycles. The number of aliphatic hydroxyl groups excluding tert-OH is 1. The Labute approximate surface area is 173 Å². The van der Waals surface area contributed by atoms with Crippen molar-refractivity contribution in [2.24, 2.45) is 0 Å². The van der Waals surface area contributed by atoms with Crippen molar-refractivity contribution in [2.75, 3.05) is 46.4 Å². The number of ether oxygens (including phenoxy) is 3. The number of halogens is 1. The molecule has 1 aromatic carbocycles. The van der Waals surface area contributed by atoms with Gasteiger partial charge in [-0.3, -0.25) is 4.90 Å². The molecule has 164 valence electrons. The molecule has 2 saturated heterocycles. The number of likely N-dealkylation sites (tertiary alicyclic amines) is 1. The highest BCUT2D eigenvalue weighted by molar-refractivity contribution is 5.43. The molecule has 0 aliphatic carbocycles. The van der Waals surface area contributed by atoms with Gasteiger partial charge in [0.2, 0.25) is 0 Å². The number of aliphatic hydroxyl groups is 1. The minimum atomic E-state index is -0.705. The normalized spacial score (nSPS) is 25.7. The zero-order valence-electron chi connectivity index (χ0n) is 17.8. The molecule has 0 amide bonds. The first-order chi connectivity index (χ1) is 13.9. The van der Waals surface area contributed by atoms with Gasteiger partial charge in [0.05, 0.1) is 19.3 Å². The first kappa shape index (κ1) is 22.3. The van der Waals surface area contributed by atoms with Gasteiger partial charge in [0.15, 0.2) is 11.5 Å². The first-order valence-electron chi connectivity index (χ1n) is 10.6. The summed E-state index contributed by atoms with van der Waals surface area (Å²) in [5.74, 6) is 1.30. The van der Waals surface area contributed by atoms with Crippen LogP contribution in [0.5, 0.6) is 11.5 Å². The van der Waals surface area contributed by atoms with Crippen molar-refractivity contribution in [3.05, 3.63) is 23.8 Å². The second-order valence-electron chi connectivity index (χ2n) is 8.38. The van der Waals surface area contributed by atoms with E-state index in [1.165, 1.54) is 0 Å². The number of morpholine rings is 1. The number of methoxy groups -OCH3 is 1. The quantitative estimate of drug-likeness (QED) is 0.711. The van der Waals surface area contributed by atoms with Gasteiger partial charge in [0, 0.05) is 39.3 Å². The van der Waals surface area contributed by atoms with Crippen molar-refractivity contribution >= 4 is 0 Å². The third-order valence-corrected chi connectivity index (χ3v) is 5.55. The van der Waals surface area contributed by atoms with E-state index in [0.717, 1.165) is 25.2 Å². The predicted molar refractivity (Wildman–Crippen MR) is 110 cm³/mol. The van der Waals surface area contributed by atoms with E-state index in [1.807, 2.05) is 18.2 Å². The molecule has 2 aliphatic rings. The van der Waals surface area contributed by atoms with Crippen molar-refractivity contribution in [1.29, 1.82) is 0 Å². The molecule has 0 bridgehead atoms. The number of nitrogens with zero attached hydrogens (tertiary/aromatic N) is 2. The van der Waals surface area contributed by atoms with Crippen LogP contribution in [0, 0.1) is 0 Å². The highest BCUT2D eigenvalue weighted by Crippen LogP contribution is 2.29. The molecule has 3 atom stereocenters. The van der Waals surface area contributed by atoms with Gasteiger partial charge in [-0.25, -0.2) is 4.39 Å². The van der Waals surface area contributed by atoms with Crippen LogP contribution in [0.4, 0.5) is 4.39 Å². The molecule has 1 N–H and O–H groups in total. The maximum atomic E-state index is 13.3. The Kier molecular flexibility index (Phi) is 8.12. The van der Waals surface area contributed by atoms with Crippen LogP contribution in [0.1, 0.15) is 32.3 Å². The Morgan fingerprint density at radius 3 is 2.48 bits per heavy atom. The van der Waals surface area contributed by atoms with Crippen LogP contribution in [0.15, 0.2) is 18.2 Å². The van der Waals surface area contributed by atoms with E-state index in [2.05, 4.69) is 23.6 Å². The van der Waals surface area contributed by atoms with Crippen LogP contribution in [-0.2, 0) is 11.3 Å². The van der Waals surface area contributed by atoms with Crippen molar-refractivity contribution in [1.82, 2.24) is 9.80 Å². The Morgan fingerprint density at radius 1 is 1.14 bits per heavy atom. The van der Waals surface area contributed by atoms with Gasteiger partial charge in [-0.2, -0.15) is 0 Å². The predicted octanol–water partition coefficient (Wildman–Crippen LogP) is 2.48. The second kappa shape index (κ2) is 10.6. The number of rotatable bonds is 8. The minimum Gasteiger partial charge on any atom is -0.493 e. The lowest BCUT2D eigenvalue weighted by Crippen LogP contribution is -2.44. The Balaban J connectivity index is 1.54. The van der Waals surface area contributed by atoms with E-state index in [0.29, 0.717) is 44.0 Å². The summed E-state index contributed by atoms with van der Waals surface area (Å²) in [4.78, 5) is 4.48. The van der Waals surface area contributed by atoms with E-state index < -0.39 is 12.3 Å². The molecule has 0 aromatic heterocycles. The molecule has 6 nitrogen and oxygen atoms in total. The molecule has 2 aliphatic heterocycles. The molecule has 0 spiro atoms. The van der Waals surface area contributed by atoms with Crippen LogP contribution < -0.4 is 9.47 Å². The third kappa shape index (κ3) is 6.81. The third-order valence-electron chi connectivity index (χ3n) is 5.55. The first-order valence-corrected chi connectivity index (χ1v) is 10.6. The molecule has 0 radical (unpaired) electrons. The molecule has 0 saturated carbocycles. The summed E-state index contributed by atoms with van der Waals surface area (Å²) in [5, 5.41) is 10.4. The van der Waals surface area contributed by atoms with Crippen molar-refractivity contribution in [3.8, 4) is 11.5 Å². The van der Waals surface area contributed by atoms with Crippen molar-refractivity contribution < 1.29 is 23.7 Å². The lowest BCUT2D eigenvalue weighted by molar-refractivity contribution is -0.0705. The van der Waals surface area contributed by atoms with Gasteiger partial charge in [-0.1, -0.05) is 6.07 Å². The van der Waals surface area contributed by atoms with Gasteiger partial charge >= 0.3 is 0 Å². The molecule has 1 aromatic rings. The van der Waals surface area contributed by atoms with E-state index in [-0.39, 0.29) is 18.8 Å². The number of β-amino-alcohol motifs (C(OH)–C–C–N with tert-alkyl or cyclic N) is 1. The van der Waals surface area contributed by atoms with Crippen LogP contribution in [0.2, 0.25) is 0 Å². The Morgan fingerprint density at radius 2 is 1.83 bits per heavy atom. The number of piperidine rings is 1. The summed E-state index contributed by atoms with van der Waals surface area (Å²) < 4.78 is 30.4. The summed E-state index contributed by atoms with van der Waals surface area (Å²) in [6.07, 6.45) is 0.213. The van der Waals surface area contributed by atoms with E-state index >= 15 is 0 Å². The highest BCUT2D eigenvalue weighted by Gasteiger charge is 2.23. The zero-order chi connectivity index (χ0) is 20.8. The number of hydrogen-bond acceptors (Lipinski definition) is 6. The fraction of sp³-hybridized carbons (Fsp3) is 0.727. The summed E-state index contributed by atoms with van der Waals surface area (Å²) in [6.45, 7) is 8.88. The summed E-state index contributed by atoms with van der Waals surface area (Å²) in [5.41, 5.74) is 1.14. The molecular formula is C22H35FN2O4. The van der Waals surface area contributed by atoms with Crippen LogP contribution in [-0.4, -0.2) is 85.8 Å². The van der Waals surface area contributed by atoms with Crippen molar-refractivity contribution in [3.63, 3.8) is 0 Å². The summed E-state index contributed by atoms with van der Waals surface area (Å²) >= 11 is 0. The molecule has 7 heteroatoms. The molecule has 29 heavy (non-hydrogen) atoms. The standard InChI is InChI=1S/C22H35FN2O4/c1-16-11-25(12-17(2)29-16)13-18-4-5-21(27-3)22(10-18)28-15-20(26)14-24-8-6-19(23)7-9-24/h4-5,10,16-17,19-20,26H,6-9,11-15H2,1-3H3/t16-,17+,20?. The van der Waals surface area contributed by atoms with Gasteiger partial charge < -0.3 is 24.2 Å². The van der Waals surface area contributed by atoms with E-state index in [9.17, 15) is 9.50 Å².